The quantitative estimate of drug-likeness (QED) is 0.877. The topological polar surface area (TPSA) is 50.4 Å². The molecule has 104 valence electrons. The molecule has 1 aromatic rings. The molecule has 0 heterocycles. The van der Waals surface area contributed by atoms with Gasteiger partial charge in [0.2, 0.25) is 0 Å². The molecule has 0 aliphatic heterocycles. The molecule has 0 aromatic heterocycles. The summed E-state index contributed by atoms with van der Waals surface area (Å²) in [5, 5.41) is 5.92. The number of anilines is 1. The summed E-state index contributed by atoms with van der Waals surface area (Å²) in [6, 6.07) is 4.14. The number of ether oxygens (including phenoxy) is 1. The maximum atomic E-state index is 12.0. The van der Waals surface area contributed by atoms with Gasteiger partial charge in [-0.05, 0) is 43.9 Å². The van der Waals surface area contributed by atoms with Crippen LogP contribution in [0.15, 0.2) is 12.1 Å². The molecule has 2 amide bonds. The summed E-state index contributed by atoms with van der Waals surface area (Å²) in [5.74, 6) is 0.707. The third-order valence-corrected chi connectivity index (χ3v) is 3.59. The second-order valence-electron chi connectivity index (χ2n) is 5.24. The molecule has 4 nitrogen and oxygen atoms in total. The zero-order valence-electron chi connectivity index (χ0n) is 11.9. The normalized spacial score (nSPS) is 15.3. The van der Waals surface area contributed by atoms with E-state index in [0.717, 1.165) is 29.7 Å². The van der Waals surface area contributed by atoms with E-state index in [1.165, 1.54) is 12.8 Å². The molecule has 1 fully saturated rings. The lowest BCUT2D eigenvalue weighted by molar-refractivity contribution is 0.248. The number of carbonyl (C=O) groups excluding carboxylic acids is 1. The van der Waals surface area contributed by atoms with E-state index in [1.54, 1.807) is 7.11 Å². The molecule has 19 heavy (non-hydrogen) atoms. The minimum atomic E-state index is -0.142. The number of carbonyl (C=O) groups is 1. The molecular weight excluding hydrogens is 240 g/mol. The highest BCUT2D eigenvalue weighted by atomic mass is 16.5. The van der Waals surface area contributed by atoms with Gasteiger partial charge in [0, 0.05) is 6.04 Å². The lowest BCUT2D eigenvalue weighted by Gasteiger charge is -2.17. The Morgan fingerprint density at radius 1 is 1.26 bits per heavy atom. The number of hydrogen-bond donors (Lipinski definition) is 2. The molecule has 1 aliphatic rings. The number of aryl methyl sites for hydroxylation is 2. The Bertz CT molecular complexity index is 465. The van der Waals surface area contributed by atoms with E-state index in [2.05, 4.69) is 10.6 Å². The molecule has 1 aliphatic carbocycles. The van der Waals surface area contributed by atoms with Crippen LogP contribution in [0.3, 0.4) is 0 Å². The van der Waals surface area contributed by atoms with Crippen molar-refractivity contribution in [2.24, 2.45) is 0 Å². The van der Waals surface area contributed by atoms with Crippen LogP contribution in [0.25, 0.3) is 0 Å². The SMILES string of the molecule is COc1cc(C)cc(C)c1NC(=O)NC1CCCC1. The minimum Gasteiger partial charge on any atom is -0.495 e. The first-order chi connectivity index (χ1) is 9.10. The summed E-state index contributed by atoms with van der Waals surface area (Å²) in [6.07, 6.45) is 4.57. The van der Waals surface area contributed by atoms with Crippen molar-refractivity contribution < 1.29 is 9.53 Å². The predicted molar refractivity (Wildman–Crippen MR) is 76.9 cm³/mol. The zero-order chi connectivity index (χ0) is 13.8. The Balaban J connectivity index is 2.07. The Labute approximate surface area is 114 Å². The van der Waals surface area contributed by atoms with E-state index in [0.29, 0.717) is 11.8 Å². The molecule has 0 spiro atoms. The molecule has 0 saturated heterocycles. The van der Waals surface area contributed by atoms with Gasteiger partial charge in [0.1, 0.15) is 5.75 Å². The van der Waals surface area contributed by atoms with Crippen molar-refractivity contribution in [2.45, 2.75) is 45.6 Å². The average molecular weight is 262 g/mol. The number of amides is 2. The highest BCUT2D eigenvalue weighted by Crippen LogP contribution is 2.29. The summed E-state index contributed by atoms with van der Waals surface area (Å²) < 4.78 is 5.34. The van der Waals surface area contributed by atoms with Gasteiger partial charge >= 0.3 is 6.03 Å². The minimum absolute atomic E-state index is 0.142. The summed E-state index contributed by atoms with van der Waals surface area (Å²) in [7, 11) is 1.62. The van der Waals surface area contributed by atoms with E-state index < -0.39 is 0 Å². The van der Waals surface area contributed by atoms with E-state index in [4.69, 9.17) is 4.74 Å². The number of nitrogens with one attached hydrogen (secondary N) is 2. The van der Waals surface area contributed by atoms with Crippen LogP contribution in [-0.4, -0.2) is 19.2 Å². The van der Waals surface area contributed by atoms with Gasteiger partial charge in [-0.25, -0.2) is 4.79 Å². The average Bonchev–Trinajstić information content (AvgIpc) is 2.85. The molecule has 0 unspecified atom stereocenters. The van der Waals surface area contributed by atoms with Crippen LogP contribution in [0.2, 0.25) is 0 Å². The third kappa shape index (κ3) is 3.40. The van der Waals surface area contributed by atoms with Crippen molar-refractivity contribution in [2.75, 3.05) is 12.4 Å². The molecule has 0 bridgehead atoms. The zero-order valence-corrected chi connectivity index (χ0v) is 11.9. The fourth-order valence-corrected chi connectivity index (χ4v) is 2.65. The van der Waals surface area contributed by atoms with Crippen molar-refractivity contribution in [3.63, 3.8) is 0 Å². The highest BCUT2D eigenvalue weighted by Gasteiger charge is 2.18. The van der Waals surface area contributed by atoms with Crippen molar-refractivity contribution >= 4 is 11.7 Å². The molecular formula is C15H22N2O2. The molecule has 1 saturated carbocycles. The highest BCUT2D eigenvalue weighted by molar-refractivity contribution is 5.92. The summed E-state index contributed by atoms with van der Waals surface area (Å²) >= 11 is 0. The summed E-state index contributed by atoms with van der Waals surface area (Å²) in [4.78, 5) is 12.0. The second-order valence-corrected chi connectivity index (χ2v) is 5.24. The molecule has 0 atom stereocenters. The van der Waals surface area contributed by atoms with Crippen LogP contribution in [0.1, 0.15) is 36.8 Å². The lowest BCUT2D eigenvalue weighted by atomic mass is 10.1. The Morgan fingerprint density at radius 3 is 2.58 bits per heavy atom. The maximum absolute atomic E-state index is 12.0. The number of hydrogen-bond acceptors (Lipinski definition) is 2. The van der Waals surface area contributed by atoms with Gasteiger partial charge in [0.05, 0.1) is 12.8 Å². The van der Waals surface area contributed by atoms with Crippen molar-refractivity contribution in [3.05, 3.63) is 23.3 Å². The number of methoxy groups -OCH3 is 1. The van der Waals surface area contributed by atoms with Gasteiger partial charge in [0.15, 0.2) is 0 Å². The molecule has 1 aromatic carbocycles. The molecule has 2 N–H and O–H groups in total. The van der Waals surface area contributed by atoms with E-state index >= 15 is 0 Å². The first kappa shape index (κ1) is 13.7. The van der Waals surface area contributed by atoms with Crippen LogP contribution < -0.4 is 15.4 Å². The van der Waals surface area contributed by atoms with E-state index in [9.17, 15) is 4.79 Å². The van der Waals surface area contributed by atoms with Crippen molar-refractivity contribution in [3.8, 4) is 5.75 Å². The van der Waals surface area contributed by atoms with Gasteiger partial charge < -0.3 is 15.4 Å². The monoisotopic (exact) mass is 262 g/mol. The largest absolute Gasteiger partial charge is 0.495 e. The lowest BCUT2D eigenvalue weighted by Crippen LogP contribution is -2.36. The van der Waals surface area contributed by atoms with Gasteiger partial charge in [0.25, 0.3) is 0 Å². The van der Waals surface area contributed by atoms with Crippen molar-refractivity contribution in [1.29, 1.82) is 0 Å². The molecule has 4 heteroatoms. The number of urea groups is 1. The van der Waals surface area contributed by atoms with Gasteiger partial charge in [-0.1, -0.05) is 18.9 Å². The van der Waals surface area contributed by atoms with Crippen LogP contribution in [0, 0.1) is 13.8 Å². The summed E-state index contributed by atoms with van der Waals surface area (Å²) in [6.45, 7) is 3.98. The van der Waals surface area contributed by atoms with Crippen LogP contribution in [-0.2, 0) is 0 Å². The fourth-order valence-electron chi connectivity index (χ4n) is 2.65. The van der Waals surface area contributed by atoms with E-state index in [-0.39, 0.29) is 6.03 Å². The Hall–Kier alpha value is -1.71. The predicted octanol–water partition coefficient (Wildman–Crippen LogP) is 3.38. The van der Waals surface area contributed by atoms with Gasteiger partial charge in [-0.2, -0.15) is 0 Å². The summed E-state index contributed by atoms with van der Waals surface area (Å²) in [5.41, 5.74) is 2.89. The number of rotatable bonds is 3. The molecule has 2 rings (SSSR count). The number of benzene rings is 1. The first-order valence-electron chi connectivity index (χ1n) is 6.83. The second kappa shape index (κ2) is 5.95. The smallest absolute Gasteiger partial charge is 0.319 e. The van der Waals surface area contributed by atoms with Crippen molar-refractivity contribution in [1.82, 2.24) is 5.32 Å². The maximum Gasteiger partial charge on any atom is 0.319 e. The first-order valence-corrected chi connectivity index (χ1v) is 6.83. The van der Waals surface area contributed by atoms with Crippen LogP contribution in [0.4, 0.5) is 10.5 Å². The Kier molecular flexibility index (Phi) is 4.30. The Morgan fingerprint density at radius 2 is 1.95 bits per heavy atom. The molecule has 0 radical (unpaired) electrons. The fraction of sp³-hybridized carbons (Fsp3) is 0.533. The third-order valence-electron chi connectivity index (χ3n) is 3.59. The van der Waals surface area contributed by atoms with Crippen LogP contribution >= 0.6 is 0 Å². The standard InChI is InChI=1S/C15H22N2O2/c1-10-8-11(2)14(13(9-10)19-3)17-15(18)16-12-6-4-5-7-12/h8-9,12H,4-7H2,1-3H3,(H2,16,17,18). The van der Waals surface area contributed by atoms with E-state index in [1.807, 2.05) is 26.0 Å². The van der Waals surface area contributed by atoms with Gasteiger partial charge in [-0.15, -0.1) is 0 Å². The van der Waals surface area contributed by atoms with Crippen LogP contribution in [0.5, 0.6) is 5.75 Å². The van der Waals surface area contributed by atoms with Gasteiger partial charge in [-0.3, -0.25) is 0 Å².